The minimum absolute atomic E-state index is 0.0106. The molecule has 2 heterocycles. The second-order valence-corrected chi connectivity index (χ2v) is 11.2. The summed E-state index contributed by atoms with van der Waals surface area (Å²) in [6, 6.07) is 8.72. The molecule has 2 aliphatic rings. The number of hydrogen-bond donors (Lipinski definition) is 1. The number of hydrogen-bond acceptors (Lipinski definition) is 5. The van der Waals surface area contributed by atoms with Crippen LogP contribution in [0.5, 0.6) is 0 Å². The van der Waals surface area contributed by atoms with E-state index in [9.17, 15) is 22.8 Å². The number of amides is 2. The Balaban J connectivity index is 1.33. The molecule has 200 valence electrons. The van der Waals surface area contributed by atoms with Gasteiger partial charge in [-0.25, -0.2) is 0 Å². The fourth-order valence-corrected chi connectivity index (χ4v) is 6.18. The average molecular weight is 563 g/mol. The van der Waals surface area contributed by atoms with Crippen molar-refractivity contribution in [2.75, 3.05) is 6.54 Å². The summed E-state index contributed by atoms with van der Waals surface area (Å²) in [5.74, 6) is -0.0362. The highest BCUT2D eigenvalue weighted by Gasteiger charge is 2.37. The zero-order valence-corrected chi connectivity index (χ0v) is 22.0. The van der Waals surface area contributed by atoms with Crippen LogP contribution in [0.1, 0.15) is 48.8 Å². The maximum absolute atomic E-state index is 13.5. The molecule has 38 heavy (non-hydrogen) atoms. The first-order chi connectivity index (χ1) is 18.1. The van der Waals surface area contributed by atoms with Crippen LogP contribution in [0.15, 0.2) is 47.5 Å². The summed E-state index contributed by atoms with van der Waals surface area (Å²) >= 11 is 6.68. The summed E-state index contributed by atoms with van der Waals surface area (Å²) in [7, 11) is 0. The lowest BCUT2D eigenvalue weighted by Gasteiger charge is -2.29. The number of benzene rings is 2. The van der Waals surface area contributed by atoms with Crippen molar-refractivity contribution in [2.24, 2.45) is 11.7 Å². The number of carbonyl (C=O) groups is 2. The van der Waals surface area contributed by atoms with Crippen LogP contribution < -0.4 is 5.73 Å². The molecule has 6 nitrogen and oxygen atoms in total. The molecule has 3 aromatic rings. The topological polar surface area (TPSA) is 81.2 Å². The van der Waals surface area contributed by atoms with Crippen LogP contribution in [0.4, 0.5) is 18.0 Å². The maximum Gasteiger partial charge on any atom is 0.416 e. The number of nitrogens with zero attached hydrogens (tertiary/aromatic N) is 3. The van der Waals surface area contributed by atoms with Crippen LogP contribution in [0.3, 0.4) is 0 Å². The molecule has 1 aromatic heterocycles. The minimum atomic E-state index is -4.54. The number of rotatable bonds is 6. The van der Waals surface area contributed by atoms with Crippen LogP contribution in [-0.4, -0.2) is 38.4 Å². The van der Waals surface area contributed by atoms with E-state index in [1.54, 1.807) is 30.5 Å². The molecule has 0 radical (unpaired) electrons. The molecule has 1 aliphatic carbocycles. The van der Waals surface area contributed by atoms with Gasteiger partial charge < -0.3 is 5.73 Å². The van der Waals surface area contributed by atoms with E-state index < -0.39 is 11.7 Å². The Hall–Kier alpha value is -2.82. The molecule has 2 N–H and O–H groups in total. The summed E-state index contributed by atoms with van der Waals surface area (Å²) in [4.78, 5) is 27.1. The van der Waals surface area contributed by atoms with Crippen LogP contribution in [0.25, 0.3) is 17.0 Å². The first kappa shape index (κ1) is 26.8. The van der Waals surface area contributed by atoms with E-state index in [2.05, 4.69) is 5.10 Å². The molecule has 5 rings (SSSR count). The lowest BCUT2D eigenvalue weighted by Crippen LogP contribution is -2.44. The highest BCUT2D eigenvalue weighted by Crippen LogP contribution is 2.36. The predicted octanol–water partition coefficient (Wildman–Crippen LogP) is 6.70. The minimum Gasteiger partial charge on any atom is -0.326 e. The van der Waals surface area contributed by atoms with Gasteiger partial charge in [0.15, 0.2) is 0 Å². The van der Waals surface area contributed by atoms with Crippen molar-refractivity contribution in [1.29, 1.82) is 0 Å². The van der Waals surface area contributed by atoms with Gasteiger partial charge in [0, 0.05) is 23.0 Å². The van der Waals surface area contributed by atoms with E-state index in [4.69, 9.17) is 17.3 Å². The number of aromatic nitrogens is 2. The van der Waals surface area contributed by atoms with Gasteiger partial charge >= 0.3 is 6.18 Å². The molecule has 1 saturated heterocycles. The van der Waals surface area contributed by atoms with Crippen molar-refractivity contribution in [3.05, 3.63) is 69.2 Å². The van der Waals surface area contributed by atoms with Gasteiger partial charge in [-0.15, -0.1) is 0 Å². The Bertz CT molecular complexity index is 1420. The van der Waals surface area contributed by atoms with E-state index in [1.165, 1.54) is 28.1 Å². The van der Waals surface area contributed by atoms with Gasteiger partial charge in [-0.1, -0.05) is 43.0 Å². The van der Waals surface area contributed by atoms with Crippen LogP contribution in [0, 0.1) is 5.92 Å². The molecule has 11 heteroatoms. The van der Waals surface area contributed by atoms with Gasteiger partial charge in [-0.2, -0.15) is 18.3 Å². The average Bonchev–Trinajstić information content (AvgIpc) is 3.40. The molecule has 1 atom stereocenters. The molecule has 1 aliphatic heterocycles. The third-order valence-corrected chi connectivity index (χ3v) is 8.33. The second kappa shape index (κ2) is 10.7. The Kier molecular flexibility index (Phi) is 7.57. The Labute approximate surface area is 227 Å². The lowest BCUT2D eigenvalue weighted by atomic mass is 9.84. The summed E-state index contributed by atoms with van der Waals surface area (Å²) in [6.45, 7) is 0.123. The molecular formula is C27H26ClF3N4O2S. The quantitative estimate of drug-likeness (QED) is 0.338. The van der Waals surface area contributed by atoms with Crippen molar-refractivity contribution in [3.63, 3.8) is 0 Å². The Morgan fingerprint density at radius 3 is 2.63 bits per heavy atom. The van der Waals surface area contributed by atoms with Gasteiger partial charge in [0.2, 0.25) is 0 Å². The molecule has 2 aromatic carbocycles. The van der Waals surface area contributed by atoms with Gasteiger partial charge in [0.05, 0.1) is 28.7 Å². The van der Waals surface area contributed by atoms with Crippen LogP contribution >= 0.6 is 23.4 Å². The molecular weight excluding hydrogens is 537 g/mol. The van der Waals surface area contributed by atoms with Gasteiger partial charge in [-0.05, 0) is 72.0 Å². The zero-order valence-electron chi connectivity index (χ0n) is 20.4. The summed E-state index contributed by atoms with van der Waals surface area (Å²) in [6.07, 6.45) is 4.17. The molecule has 1 saturated carbocycles. The highest BCUT2D eigenvalue weighted by molar-refractivity contribution is 8.18. The number of imide groups is 1. The fourth-order valence-electron chi connectivity index (χ4n) is 5.16. The van der Waals surface area contributed by atoms with Crippen LogP contribution in [0.2, 0.25) is 5.02 Å². The number of thioether (sulfide) groups is 1. The molecule has 0 spiro atoms. The van der Waals surface area contributed by atoms with Crippen molar-refractivity contribution >= 4 is 51.5 Å². The molecule has 0 unspecified atom stereocenters. The fraction of sp³-hybridized carbons (Fsp3) is 0.370. The van der Waals surface area contributed by atoms with E-state index in [1.807, 2.05) is 0 Å². The number of halogens is 4. The summed E-state index contributed by atoms with van der Waals surface area (Å²) in [5.41, 5.74) is 6.93. The summed E-state index contributed by atoms with van der Waals surface area (Å²) < 4.78 is 42.0. The van der Waals surface area contributed by atoms with Crippen molar-refractivity contribution in [1.82, 2.24) is 14.7 Å². The first-order valence-corrected chi connectivity index (χ1v) is 13.6. The van der Waals surface area contributed by atoms with Crippen molar-refractivity contribution in [3.8, 4) is 0 Å². The van der Waals surface area contributed by atoms with Crippen LogP contribution in [-0.2, 0) is 17.5 Å². The standard InChI is InChI=1S/C27H26ClF3N4O2S/c28-20-8-7-18(21(12-20)27(29,30)31)14-35-23-9-6-16(10-19(23)13-33-35)11-24-25(36)34(26(37)38-24)15-22(32)17-4-2-1-3-5-17/h6-13,17,22H,1-5,14-15,32H2/t22-/m1/s1. The number of carbonyl (C=O) groups excluding carboxylic acids is 2. The normalized spacial score (nSPS) is 19.2. The first-order valence-electron chi connectivity index (χ1n) is 12.4. The molecule has 2 amide bonds. The van der Waals surface area contributed by atoms with E-state index in [0.717, 1.165) is 43.5 Å². The summed E-state index contributed by atoms with van der Waals surface area (Å²) in [5, 5.41) is 4.65. The lowest BCUT2D eigenvalue weighted by molar-refractivity contribution is -0.138. The van der Waals surface area contributed by atoms with E-state index in [0.29, 0.717) is 27.3 Å². The second-order valence-electron chi connectivity index (χ2n) is 9.77. The third kappa shape index (κ3) is 5.62. The molecule has 2 fully saturated rings. The number of nitrogens with two attached hydrogens (primary N) is 1. The Morgan fingerprint density at radius 1 is 1.13 bits per heavy atom. The zero-order chi connectivity index (χ0) is 27.0. The van der Waals surface area contributed by atoms with E-state index >= 15 is 0 Å². The van der Waals surface area contributed by atoms with Gasteiger partial charge in [-0.3, -0.25) is 19.2 Å². The number of fused-ring (bicyclic) bond motifs is 1. The predicted molar refractivity (Wildman–Crippen MR) is 143 cm³/mol. The van der Waals surface area contributed by atoms with Gasteiger partial charge in [0.1, 0.15) is 0 Å². The van der Waals surface area contributed by atoms with Gasteiger partial charge in [0.25, 0.3) is 11.1 Å². The van der Waals surface area contributed by atoms with E-state index in [-0.39, 0.29) is 40.9 Å². The van der Waals surface area contributed by atoms with Crippen molar-refractivity contribution < 1.29 is 22.8 Å². The molecule has 0 bridgehead atoms. The monoisotopic (exact) mass is 562 g/mol. The number of alkyl halides is 3. The SMILES string of the molecule is N[C@H](CN1C(=O)SC(=Cc2ccc3c(cnn3Cc3ccc(Cl)cc3C(F)(F)F)c2)C1=O)C1CCCCC1. The highest BCUT2D eigenvalue weighted by atomic mass is 35.5. The maximum atomic E-state index is 13.5. The third-order valence-electron chi connectivity index (χ3n) is 7.18. The smallest absolute Gasteiger partial charge is 0.326 e. The Morgan fingerprint density at radius 2 is 1.89 bits per heavy atom. The largest absolute Gasteiger partial charge is 0.416 e. The van der Waals surface area contributed by atoms with Crippen molar-refractivity contribution in [2.45, 2.75) is 50.9 Å².